The second kappa shape index (κ2) is 3.47. The van der Waals surface area contributed by atoms with Crippen LogP contribution in [0.15, 0.2) is 42.5 Å². The van der Waals surface area contributed by atoms with Gasteiger partial charge in [-0.1, -0.05) is 44.2 Å². The second-order valence-corrected chi connectivity index (χ2v) is 5.88. The standard InChI is InChI=1S/C17H16N2/c1-17(2)9-5-8-15-13(17)10-12-11-6-3-4-7-14(11)18-16(12)19-15/h3-7,9-10H,8H2,1-2H3,(H,18,19). The smallest absolute Gasteiger partial charge is 0.138 e. The summed E-state index contributed by atoms with van der Waals surface area (Å²) in [5.41, 5.74) is 4.80. The number of H-pyrrole nitrogens is 1. The van der Waals surface area contributed by atoms with E-state index in [1.165, 1.54) is 22.0 Å². The Labute approximate surface area is 112 Å². The predicted octanol–water partition coefficient (Wildman–Crippen LogP) is 4.11. The molecule has 94 valence electrons. The minimum absolute atomic E-state index is 0.0765. The van der Waals surface area contributed by atoms with Gasteiger partial charge in [0.25, 0.3) is 0 Å². The Hall–Kier alpha value is -2.09. The van der Waals surface area contributed by atoms with Crippen LogP contribution in [0.3, 0.4) is 0 Å². The molecular weight excluding hydrogens is 232 g/mol. The SMILES string of the molecule is CC1(C)C=CCc2nc3[nH]c4ccccc4c3cc21. The van der Waals surface area contributed by atoms with Gasteiger partial charge in [0.15, 0.2) is 0 Å². The molecule has 0 saturated carbocycles. The van der Waals surface area contributed by atoms with Crippen LogP contribution in [0.2, 0.25) is 0 Å². The first-order chi connectivity index (χ1) is 9.15. The van der Waals surface area contributed by atoms with Crippen molar-refractivity contribution in [3.05, 3.63) is 53.7 Å². The number of nitrogens with one attached hydrogen (secondary N) is 1. The molecule has 0 aliphatic heterocycles. The van der Waals surface area contributed by atoms with E-state index < -0.39 is 0 Å². The molecule has 1 aliphatic carbocycles. The van der Waals surface area contributed by atoms with E-state index in [1.54, 1.807) is 0 Å². The number of aromatic amines is 1. The maximum atomic E-state index is 4.84. The predicted molar refractivity (Wildman–Crippen MR) is 79.5 cm³/mol. The molecule has 4 rings (SSSR count). The molecule has 19 heavy (non-hydrogen) atoms. The minimum Gasteiger partial charge on any atom is -0.339 e. The Bertz CT molecular complexity index is 822. The first-order valence-electron chi connectivity index (χ1n) is 6.74. The summed E-state index contributed by atoms with van der Waals surface area (Å²) in [5.74, 6) is 0. The van der Waals surface area contributed by atoms with Crippen molar-refractivity contribution in [3.63, 3.8) is 0 Å². The van der Waals surface area contributed by atoms with E-state index >= 15 is 0 Å². The van der Waals surface area contributed by atoms with E-state index in [0.29, 0.717) is 0 Å². The summed E-state index contributed by atoms with van der Waals surface area (Å²) in [6.45, 7) is 4.51. The van der Waals surface area contributed by atoms with Crippen LogP contribution in [0.1, 0.15) is 25.1 Å². The number of allylic oxidation sites excluding steroid dienone is 2. The highest BCUT2D eigenvalue weighted by Crippen LogP contribution is 2.35. The van der Waals surface area contributed by atoms with Crippen LogP contribution in [0.5, 0.6) is 0 Å². The van der Waals surface area contributed by atoms with Crippen molar-refractivity contribution < 1.29 is 0 Å². The molecule has 3 aromatic rings. The van der Waals surface area contributed by atoms with E-state index in [-0.39, 0.29) is 5.41 Å². The largest absolute Gasteiger partial charge is 0.339 e. The third kappa shape index (κ3) is 1.46. The zero-order chi connectivity index (χ0) is 13.0. The molecule has 0 amide bonds. The van der Waals surface area contributed by atoms with Crippen LogP contribution in [0.25, 0.3) is 21.9 Å². The summed E-state index contributed by atoms with van der Waals surface area (Å²) in [7, 11) is 0. The van der Waals surface area contributed by atoms with E-state index in [1.807, 2.05) is 0 Å². The average molecular weight is 248 g/mol. The molecule has 0 spiro atoms. The molecule has 0 bridgehead atoms. The van der Waals surface area contributed by atoms with Crippen molar-refractivity contribution in [1.29, 1.82) is 0 Å². The normalized spacial score (nSPS) is 16.9. The molecule has 2 heterocycles. The summed E-state index contributed by atoms with van der Waals surface area (Å²) in [5, 5.41) is 2.50. The molecule has 0 saturated heterocycles. The van der Waals surface area contributed by atoms with E-state index in [4.69, 9.17) is 4.98 Å². The van der Waals surface area contributed by atoms with Gasteiger partial charge in [0.05, 0.1) is 5.69 Å². The molecule has 1 aromatic carbocycles. The van der Waals surface area contributed by atoms with Crippen LogP contribution < -0.4 is 0 Å². The van der Waals surface area contributed by atoms with Gasteiger partial charge in [-0.25, -0.2) is 4.98 Å². The number of fused-ring (bicyclic) bond motifs is 4. The summed E-state index contributed by atoms with van der Waals surface area (Å²) >= 11 is 0. The van der Waals surface area contributed by atoms with Gasteiger partial charge in [0.1, 0.15) is 5.65 Å². The van der Waals surface area contributed by atoms with Crippen molar-refractivity contribution in [3.8, 4) is 0 Å². The number of nitrogens with zero attached hydrogens (tertiary/aromatic N) is 1. The highest BCUT2D eigenvalue weighted by atomic mass is 14.9. The summed E-state index contributed by atoms with van der Waals surface area (Å²) in [4.78, 5) is 8.26. The molecule has 2 nitrogen and oxygen atoms in total. The van der Waals surface area contributed by atoms with Crippen LogP contribution in [-0.4, -0.2) is 9.97 Å². The van der Waals surface area contributed by atoms with Crippen LogP contribution in [-0.2, 0) is 11.8 Å². The number of aromatic nitrogens is 2. The number of hydrogen-bond acceptors (Lipinski definition) is 1. The molecule has 1 N–H and O–H groups in total. The second-order valence-electron chi connectivity index (χ2n) is 5.88. The third-order valence-electron chi connectivity index (χ3n) is 4.11. The lowest BCUT2D eigenvalue weighted by molar-refractivity contribution is 0.642. The molecule has 2 aromatic heterocycles. The first-order valence-corrected chi connectivity index (χ1v) is 6.74. The maximum Gasteiger partial charge on any atom is 0.138 e. The van der Waals surface area contributed by atoms with E-state index in [9.17, 15) is 0 Å². The Balaban J connectivity index is 2.13. The van der Waals surface area contributed by atoms with Crippen molar-refractivity contribution in [2.75, 3.05) is 0 Å². The average Bonchev–Trinajstić information content (AvgIpc) is 2.74. The third-order valence-corrected chi connectivity index (χ3v) is 4.11. The van der Waals surface area contributed by atoms with Gasteiger partial charge in [-0.05, 0) is 17.7 Å². The Kier molecular flexibility index (Phi) is 1.97. The number of rotatable bonds is 0. The maximum absolute atomic E-state index is 4.84. The zero-order valence-electron chi connectivity index (χ0n) is 11.2. The molecule has 1 aliphatic rings. The quantitative estimate of drug-likeness (QED) is 0.596. The number of hydrogen-bond donors (Lipinski definition) is 1. The van der Waals surface area contributed by atoms with Gasteiger partial charge in [0.2, 0.25) is 0 Å². The van der Waals surface area contributed by atoms with Crippen molar-refractivity contribution in [2.24, 2.45) is 0 Å². The van der Waals surface area contributed by atoms with Crippen LogP contribution >= 0.6 is 0 Å². The molecule has 0 atom stereocenters. The number of para-hydroxylation sites is 1. The molecular formula is C17H16N2. The van der Waals surface area contributed by atoms with Crippen molar-refractivity contribution in [2.45, 2.75) is 25.7 Å². The molecule has 0 radical (unpaired) electrons. The summed E-state index contributed by atoms with van der Waals surface area (Å²) in [6, 6.07) is 10.7. The van der Waals surface area contributed by atoms with Gasteiger partial charge < -0.3 is 4.98 Å². The molecule has 2 heteroatoms. The topological polar surface area (TPSA) is 28.7 Å². The van der Waals surface area contributed by atoms with Gasteiger partial charge >= 0.3 is 0 Å². The van der Waals surface area contributed by atoms with E-state index in [2.05, 4.69) is 61.3 Å². The number of benzene rings is 1. The fraction of sp³-hybridized carbons (Fsp3) is 0.235. The minimum atomic E-state index is 0.0765. The lowest BCUT2D eigenvalue weighted by atomic mass is 9.79. The lowest BCUT2D eigenvalue weighted by Crippen LogP contribution is -2.20. The van der Waals surface area contributed by atoms with Gasteiger partial charge in [-0.3, -0.25) is 0 Å². The van der Waals surface area contributed by atoms with Crippen LogP contribution in [0.4, 0.5) is 0 Å². The number of pyridine rings is 1. The van der Waals surface area contributed by atoms with Crippen molar-refractivity contribution in [1.82, 2.24) is 9.97 Å². The van der Waals surface area contributed by atoms with Gasteiger partial charge in [-0.2, -0.15) is 0 Å². The van der Waals surface area contributed by atoms with Gasteiger partial charge in [0, 0.05) is 28.1 Å². The Morgan fingerprint density at radius 1 is 1.16 bits per heavy atom. The van der Waals surface area contributed by atoms with Gasteiger partial charge in [-0.15, -0.1) is 0 Å². The van der Waals surface area contributed by atoms with E-state index in [0.717, 1.165) is 17.6 Å². The fourth-order valence-corrected chi connectivity index (χ4v) is 3.08. The van der Waals surface area contributed by atoms with Crippen LogP contribution in [0, 0.1) is 0 Å². The summed E-state index contributed by atoms with van der Waals surface area (Å²) in [6.07, 6.45) is 5.45. The molecule has 0 fully saturated rings. The summed E-state index contributed by atoms with van der Waals surface area (Å²) < 4.78 is 0. The monoisotopic (exact) mass is 248 g/mol. The lowest BCUT2D eigenvalue weighted by Gasteiger charge is -2.26. The zero-order valence-corrected chi connectivity index (χ0v) is 11.2. The Morgan fingerprint density at radius 2 is 2.00 bits per heavy atom. The van der Waals surface area contributed by atoms with Crippen molar-refractivity contribution >= 4 is 21.9 Å². The first kappa shape index (κ1) is 10.8. The highest BCUT2D eigenvalue weighted by Gasteiger charge is 2.25. The fourth-order valence-electron chi connectivity index (χ4n) is 3.08. The Morgan fingerprint density at radius 3 is 2.89 bits per heavy atom. The highest BCUT2D eigenvalue weighted by molar-refractivity contribution is 6.06. The molecule has 0 unspecified atom stereocenters.